The lowest BCUT2D eigenvalue weighted by molar-refractivity contribution is 0.472. The number of hydrogen-bond acceptors (Lipinski definition) is 4. The summed E-state index contributed by atoms with van der Waals surface area (Å²) in [6.07, 6.45) is 0.698. The van der Waals surface area contributed by atoms with E-state index in [-0.39, 0.29) is 0 Å². The molecule has 0 aliphatic carbocycles. The average molecular weight is 324 g/mol. The molecular formula is C15H20N2O2S2. The summed E-state index contributed by atoms with van der Waals surface area (Å²) in [5, 5.41) is 0. The van der Waals surface area contributed by atoms with E-state index in [0.717, 1.165) is 15.3 Å². The van der Waals surface area contributed by atoms with Gasteiger partial charge in [0.25, 0.3) is 0 Å². The van der Waals surface area contributed by atoms with E-state index in [1.54, 1.807) is 13.1 Å². The molecule has 0 aliphatic heterocycles. The molecule has 1 aromatic heterocycles. The Morgan fingerprint density at radius 1 is 1.24 bits per heavy atom. The van der Waals surface area contributed by atoms with Gasteiger partial charge in [-0.1, -0.05) is 30.3 Å². The summed E-state index contributed by atoms with van der Waals surface area (Å²) in [4.78, 5) is 2.06. The van der Waals surface area contributed by atoms with Crippen LogP contribution in [0.25, 0.3) is 0 Å². The number of nitrogens with zero attached hydrogens (tertiary/aromatic N) is 1. The summed E-state index contributed by atoms with van der Waals surface area (Å²) in [7, 11) is -1.82. The number of likely N-dealkylation sites (N-methyl/N-ethyl adjacent to an activating group) is 1. The van der Waals surface area contributed by atoms with Crippen molar-refractivity contribution in [2.75, 3.05) is 13.6 Å². The van der Waals surface area contributed by atoms with Crippen LogP contribution in [-0.2, 0) is 23.0 Å². The van der Waals surface area contributed by atoms with Gasteiger partial charge in [-0.15, -0.1) is 11.3 Å². The summed E-state index contributed by atoms with van der Waals surface area (Å²) in [6, 6.07) is 11.6. The van der Waals surface area contributed by atoms with Gasteiger partial charge in [0, 0.05) is 29.9 Å². The predicted molar refractivity (Wildman–Crippen MR) is 86.9 cm³/mol. The molecule has 0 atom stereocenters. The van der Waals surface area contributed by atoms with E-state index in [4.69, 9.17) is 5.73 Å². The summed E-state index contributed by atoms with van der Waals surface area (Å²) in [6.45, 7) is 2.65. The van der Waals surface area contributed by atoms with Gasteiger partial charge in [0.15, 0.2) is 0 Å². The average Bonchev–Trinajstić information content (AvgIpc) is 2.87. The third-order valence-electron chi connectivity index (χ3n) is 3.37. The van der Waals surface area contributed by atoms with Crippen molar-refractivity contribution >= 4 is 21.4 Å². The molecule has 0 saturated heterocycles. The van der Waals surface area contributed by atoms with Crippen LogP contribution >= 0.6 is 11.3 Å². The van der Waals surface area contributed by atoms with Gasteiger partial charge >= 0.3 is 0 Å². The van der Waals surface area contributed by atoms with Crippen LogP contribution in [0.1, 0.15) is 15.3 Å². The highest BCUT2D eigenvalue weighted by Crippen LogP contribution is 2.27. The number of sulfonamides is 1. The maximum atomic E-state index is 12.6. The Morgan fingerprint density at radius 3 is 2.48 bits per heavy atom. The zero-order valence-corrected chi connectivity index (χ0v) is 13.9. The van der Waals surface area contributed by atoms with Crippen molar-refractivity contribution in [1.29, 1.82) is 0 Å². The van der Waals surface area contributed by atoms with Crippen molar-refractivity contribution in [3.8, 4) is 0 Å². The molecule has 114 valence electrons. The maximum absolute atomic E-state index is 12.6. The first-order chi connectivity index (χ1) is 9.95. The van der Waals surface area contributed by atoms with Gasteiger partial charge in [-0.2, -0.15) is 0 Å². The molecule has 0 saturated carbocycles. The Balaban J connectivity index is 2.13. The molecule has 6 heteroatoms. The van der Waals surface area contributed by atoms with Gasteiger partial charge in [-0.05, 0) is 25.0 Å². The van der Waals surface area contributed by atoms with E-state index in [1.165, 1.54) is 15.6 Å². The van der Waals surface area contributed by atoms with Gasteiger partial charge in [0.2, 0.25) is 10.0 Å². The highest BCUT2D eigenvalue weighted by molar-refractivity contribution is 7.89. The van der Waals surface area contributed by atoms with Crippen LogP contribution < -0.4 is 5.73 Å². The van der Waals surface area contributed by atoms with E-state index >= 15 is 0 Å². The second kappa shape index (κ2) is 6.70. The van der Waals surface area contributed by atoms with Gasteiger partial charge in [0.1, 0.15) is 0 Å². The Labute approximate surface area is 130 Å². The molecule has 21 heavy (non-hydrogen) atoms. The molecule has 0 amide bonds. The van der Waals surface area contributed by atoms with E-state index in [9.17, 15) is 8.42 Å². The fourth-order valence-corrected chi connectivity index (χ4v) is 4.75. The standard InChI is InChI=1S/C15H20N2O2S2/c1-12-15(10-14(11-16)20-12)21(18,19)17(2)9-8-13-6-4-3-5-7-13/h3-7,10H,8-9,11,16H2,1-2H3. The van der Waals surface area contributed by atoms with Gasteiger partial charge in [-0.25, -0.2) is 12.7 Å². The van der Waals surface area contributed by atoms with Gasteiger partial charge < -0.3 is 5.73 Å². The fraction of sp³-hybridized carbons (Fsp3) is 0.333. The monoisotopic (exact) mass is 324 g/mol. The van der Waals surface area contributed by atoms with Crippen LogP contribution in [0.4, 0.5) is 0 Å². The highest BCUT2D eigenvalue weighted by Gasteiger charge is 2.24. The van der Waals surface area contributed by atoms with Crippen LogP contribution in [0, 0.1) is 6.92 Å². The SMILES string of the molecule is Cc1sc(CN)cc1S(=O)(=O)N(C)CCc1ccccc1. The highest BCUT2D eigenvalue weighted by atomic mass is 32.2. The number of hydrogen-bond donors (Lipinski definition) is 1. The number of benzene rings is 1. The first-order valence-corrected chi connectivity index (χ1v) is 9.00. The minimum absolute atomic E-state index is 0.370. The van der Waals surface area contributed by atoms with E-state index in [0.29, 0.717) is 24.4 Å². The molecule has 1 aromatic carbocycles. The van der Waals surface area contributed by atoms with Gasteiger partial charge in [-0.3, -0.25) is 0 Å². The fourth-order valence-electron chi connectivity index (χ4n) is 2.10. The summed E-state index contributed by atoms with van der Waals surface area (Å²) < 4.78 is 26.6. The third-order valence-corrected chi connectivity index (χ3v) is 6.56. The lowest BCUT2D eigenvalue weighted by Crippen LogP contribution is -2.29. The minimum Gasteiger partial charge on any atom is -0.326 e. The molecule has 2 rings (SSSR count). The summed E-state index contributed by atoms with van der Waals surface area (Å²) >= 11 is 1.44. The van der Waals surface area contributed by atoms with Crippen molar-refractivity contribution in [3.05, 3.63) is 51.7 Å². The molecule has 0 unspecified atom stereocenters. The quantitative estimate of drug-likeness (QED) is 0.887. The predicted octanol–water partition coefficient (Wildman–Crippen LogP) is 2.38. The molecule has 1 heterocycles. The molecule has 0 aliphatic rings. The Bertz CT molecular complexity index is 694. The Kier molecular flexibility index (Phi) is 5.16. The van der Waals surface area contributed by atoms with E-state index in [1.807, 2.05) is 37.3 Å². The maximum Gasteiger partial charge on any atom is 0.243 e. The Morgan fingerprint density at radius 2 is 1.90 bits per heavy atom. The van der Waals surface area contributed by atoms with Crippen LogP contribution in [0.5, 0.6) is 0 Å². The number of thiophene rings is 1. The third kappa shape index (κ3) is 3.71. The topological polar surface area (TPSA) is 63.4 Å². The zero-order chi connectivity index (χ0) is 15.5. The molecule has 0 bridgehead atoms. The van der Waals surface area contributed by atoms with Crippen LogP contribution in [-0.4, -0.2) is 26.3 Å². The van der Waals surface area contributed by atoms with E-state index in [2.05, 4.69) is 0 Å². The number of rotatable bonds is 6. The second-order valence-electron chi connectivity index (χ2n) is 4.90. The molecule has 4 nitrogen and oxygen atoms in total. The minimum atomic E-state index is -3.44. The summed E-state index contributed by atoms with van der Waals surface area (Å²) in [5.41, 5.74) is 6.72. The molecule has 0 fully saturated rings. The smallest absolute Gasteiger partial charge is 0.243 e. The van der Waals surface area contributed by atoms with Crippen LogP contribution in [0.2, 0.25) is 0 Å². The zero-order valence-electron chi connectivity index (χ0n) is 12.2. The molecular weight excluding hydrogens is 304 g/mol. The Hall–Kier alpha value is -1.21. The second-order valence-corrected chi connectivity index (χ2v) is 8.25. The van der Waals surface area contributed by atoms with Crippen molar-refractivity contribution in [2.45, 2.75) is 24.8 Å². The van der Waals surface area contributed by atoms with E-state index < -0.39 is 10.0 Å². The van der Waals surface area contributed by atoms with Crippen molar-refractivity contribution in [3.63, 3.8) is 0 Å². The van der Waals surface area contributed by atoms with Crippen molar-refractivity contribution in [2.24, 2.45) is 5.73 Å². The number of aryl methyl sites for hydroxylation is 1. The van der Waals surface area contributed by atoms with Crippen molar-refractivity contribution in [1.82, 2.24) is 4.31 Å². The molecule has 2 N–H and O–H groups in total. The van der Waals surface area contributed by atoms with Crippen molar-refractivity contribution < 1.29 is 8.42 Å². The molecule has 0 spiro atoms. The lowest BCUT2D eigenvalue weighted by Gasteiger charge is -2.17. The van der Waals surface area contributed by atoms with Gasteiger partial charge in [0.05, 0.1) is 4.90 Å². The molecule has 2 aromatic rings. The first-order valence-electron chi connectivity index (χ1n) is 6.75. The normalized spacial score (nSPS) is 12.0. The summed E-state index contributed by atoms with van der Waals surface area (Å²) in [5.74, 6) is 0. The largest absolute Gasteiger partial charge is 0.326 e. The first kappa shape index (κ1) is 16.2. The van der Waals surface area contributed by atoms with Crippen LogP contribution in [0.3, 0.4) is 0 Å². The number of nitrogens with two attached hydrogens (primary N) is 1. The van der Waals surface area contributed by atoms with Crippen LogP contribution in [0.15, 0.2) is 41.3 Å². The lowest BCUT2D eigenvalue weighted by atomic mass is 10.2. The molecule has 0 radical (unpaired) electrons.